The van der Waals surface area contributed by atoms with Crippen LogP contribution < -0.4 is 0 Å². The largest absolute Gasteiger partial charge is 0.207 e. The lowest BCUT2D eigenvalue weighted by molar-refractivity contribution is 0.523. The zero-order chi connectivity index (χ0) is 15.0. The van der Waals surface area contributed by atoms with E-state index in [1.807, 2.05) is 0 Å². The highest BCUT2D eigenvalue weighted by Crippen LogP contribution is 2.36. The molecule has 1 atom stereocenters. The molecule has 0 fully saturated rings. The highest BCUT2D eigenvalue weighted by atomic mass is 79.9. The molecule has 106 valence electrons. The fraction of sp³-hybridized carbons (Fsp3) is 0.143. The van der Waals surface area contributed by atoms with Gasteiger partial charge in [-0.15, -0.1) is 0 Å². The van der Waals surface area contributed by atoms with E-state index in [-0.39, 0.29) is 11.1 Å². The topological polar surface area (TPSA) is 0 Å². The highest BCUT2D eigenvalue weighted by Gasteiger charge is 2.24. The molecule has 0 nitrogen and oxygen atoms in total. The minimum Gasteiger partial charge on any atom is -0.207 e. The Balaban J connectivity index is 2.57. The Morgan fingerprint density at radius 3 is 1.90 bits per heavy atom. The molecule has 2 aromatic rings. The van der Waals surface area contributed by atoms with Gasteiger partial charge in [0.05, 0.1) is 4.83 Å². The first-order chi connectivity index (χ1) is 9.31. The number of aryl methyl sites for hydroxylation is 1. The van der Waals surface area contributed by atoms with Gasteiger partial charge in [0.1, 0.15) is 29.1 Å². The summed E-state index contributed by atoms with van der Waals surface area (Å²) in [6.07, 6.45) is 0. The average molecular weight is 351 g/mol. The Kier molecular flexibility index (Phi) is 4.13. The van der Waals surface area contributed by atoms with Crippen LogP contribution in [0.1, 0.15) is 21.5 Å². The van der Waals surface area contributed by atoms with E-state index in [1.54, 1.807) is 0 Å². The molecule has 0 amide bonds. The fourth-order valence-electron chi connectivity index (χ4n) is 1.82. The number of hydrogen-bond acceptors (Lipinski definition) is 0. The summed E-state index contributed by atoms with van der Waals surface area (Å²) in [7, 11) is 0. The van der Waals surface area contributed by atoms with Gasteiger partial charge in [0, 0.05) is 29.3 Å². The molecule has 0 saturated heterocycles. The normalized spacial score (nSPS) is 12.6. The lowest BCUT2D eigenvalue weighted by Gasteiger charge is -2.15. The maximum Gasteiger partial charge on any atom is 0.133 e. The Morgan fingerprint density at radius 1 is 0.800 bits per heavy atom. The predicted molar refractivity (Wildman–Crippen MR) is 68.2 cm³/mol. The van der Waals surface area contributed by atoms with E-state index in [0.29, 0.717) is 18.2 Å². The highest BCUT2D eigenvalue weighted by molar-refractivity contribution is 9.09. The smallest absolute Gasteiger partial charge is 0.133 e. The molecule has 0 aliphatic heterocycles. The van der Waals surface area contributed by atoms with Gasteiger partial charge in [-0.25, -0.2) is 22.0 Å². The van der Waals surface area contributed by atoms with E-state index in [9.17, 15) is 22.0 Å². The van der Waals surface area contributed by atoms with Crippen LogP contribution in [0.3, 0.4) is 0 Å². The summed E-state index contributed by atoms with van der Waals surface area (Å²) >= 11 is 2.96. The average Bonchev–Trinajstić information content (AvgIpc) is 2.32. The van der Waals surface area contributed by atoms with Crippen LogP contribution in [0.5, 0.6) is 0 Å². The van der Waals surface area contributed by atoms with Gasteiger partial charge < -0.3 is 0 Å². The molecule has 0 radical (unpaired) electrons. The summed E-state index contributed by atoms with van der Waals surface area (Å²) in [4.78, 5) is -1.19. The number of benzene rings is 2. The van der Waals surface area contributed by atoms with Crippen molar-refractivity contribution in [1.29, 1.82) is 0 Å². The molecule has 1 unspecified atom stereocenters. The van der Waals surface area contributed by atoms with E-state index in [0.717, 1.165) is 6.07 Å². The second-order valence-electron chi connectivity index (χ2n) is 4.27. The third-order valence-electron chi connectivity index (χ3n) is 2.85. The molecule has 2 aromatic carbocycles. The van der Waals surface area contributed by atoms with E-state index >= 15 is 0 Å². The molecule has 0 N–H and O–H groups in total. The van der Waals surface area contributed by atoms with Crippen LogP contribution in [-0.2, 0) is 0 Å². The molecule has 6 heteroatoms. The van der Waals surface area contributed by atoms with Crippen molar-refractivity contribution < 1.29 is 22.0 Å². The van der Waals surface area contributed by atoms with Crippen molar-refractivity contribution in [2.45, 2.75) is 11.8 Å². The van der Waals surface area contributed by atoms with Crippen molar-refractivity contribution in [3.8, 4) is 0 Å². The van der Waals surface area contributed by atoms with Crippen LogP contribution in [0, 0.1) is 36.0 Å². The second-order valence-corrected chi connectivity index (χ2v) is 5.18. The first-order valence-electron chi connectivity index (χ1n) is 5.55. The molecule has 0 spiro atoms. The van der Waals surface area contributed by atoms with Crippen LogP contribution >= 0.6 is 15.9 Å². The number of alkyl halides is 1. The maximum absolute atomic E-state index is 13.7. The predicted octanol–water partition coefficient (Wildman–Crippen LogP) is 5.17. The van der Waals surface area contributed by atoms with Gasteiger partial charge in [-0.3, -0.25) is 0 Å². The third kappa shape index (κ3) is 2.70. The standard InChI is InChI=1S/C14H8BrF5/c1-6-2-8(10(18)5-9(6)17)14(15)13-11(19)3-7(16)4-12(13)20/h2-5,14H,1H3. The lowest BCUT2D eigenvalue weighted by atomic mass is 10.0. The van der Waals surface area contributed by atoms with E-state index in [2.05, 4.69) is 15.9 Å². The van der Waals surface area contributed by atoms with Crippen LogP contribution in [0.4, 0.5) is 22.0 Å². The SMILES string of the molecule is Cc1cc(C(Br)c2c(F)cc(F)cc2F)c(F)cc1F. The molecule has 20 heavy (non-hydrogen) atoms. The molecular weight excluding hydrogens is 343 g/mol. The van der Waals surface area contributed by atoms with Crippen LogP contribution in [-0.4, -0.2) is 0 Å². The van der Waals surface area contributed by atoms with Crippen molar-refractivity contribution in [2.75, 3.05) is 0 Å². The molecule has 0 aromatic heterocycles. The summed E-state index contributed by atoms with van der Waals surface area (Å²) < 4.78 is 67.1. The third-order valence-corrected chi connectivity index (χ3v) is 3.80. The van der Waals surface area contributed by atoms with Gasteiger partial charge in [-0.05, 0) is 18.6 Å². The quantitative estimate of drug-likeness (QED) is 0.517. The lowest BCUT2D eigenvalue weighted by Crippen LogP contribution is -2.05. The van der Waals surface area contributed by atoms with Crippen molar-refractivity contribution in [3.05, 3.63) is 70.0 Å². The second kappa shape index (κ2) is 5.52. The number of halogens is 6. The number of hydrogen-bond donors (Lipinski definition) is 0. The van der Waals surface area contributed by atoms with Gasteiger partial charge in [-0.2, -0.15) is 0 Å². The molecule has 0 aliphatic rings. The maximum atomic E-state index is 13.7. The summed E-state index contributed by atoms with van der Waals surface area (Å²) in [5, 5.41) is 0. The van der Waals surface area contributed by atoms with Crippen molar-refractivity contribution in [3.63, 3.8) is 0 Å². The van der Waals surface area contributed by atoms with Gasteiger partial charge in [-0.1, -0.05) is 15.9 Å². The summed E-state index contributed by atoms with van der Waals surface area (Å²) in [5.41, 5.74) is -0.529. The Hall–Kier alpha value is -1.43. The van der Waals surface area contributed by atoms with E-state index < -0.39 is 39.5 Å². The minimum atomic E-state index is -1.19. The summed E-state index contributed by atoms with van der Waals surface area (Å²) in [6, 6.07) is 2.78. The van der Waals surface area contributed by atoms with Crippen LogP contribution in [0.2, 0.25) is 0 Å². The molecule has 0 heterocycles. The van der Waals surface area contributed by atoms with E-state index in [1.165, 1.54) is 6.92 Å². The monoisotopic (exact) mass is 350 g/mol. The van der Waals surface area contributed by atoms with Crippen LogP contribution in [0.25, 0.3) is 0 Å². The Morgan fingerprint density at radius 2 is 1.35 bits per heavy atom. The summed E-state index contributed by atoms with van der Waals surface area (Å²) in [5.74, 6) is -5.07. The Labute approximate surface area is 120 Å². The molecule has 0 bridgehead atoms. The zero-order valence-corrected chi connectivity index (χ0v) is 11.7. The molecular formula is C14H8BrF5. The van der Waals surface area contributed by atoms with Gasteiger partial charge in [0.2, 0.25) is 0 Å². The van der Waals surface area contributed by atoms with Crippen LogP contribution in [0.15, 0.2) is 24.3 Å². The Bertz CT molecular complexity index is 646. The van der Waals surface area contributed by atoms with E-state index in [4.69, 9.17) is 0 Å². The van der Waals surface area contributed by atoms with Gasteiger partial charge in [0.25, 0.3) is 0 Å². The van der Waals surface area contributed by atoms with Crippen molar-refractivity contribution >= 4 is 15.9 Å². The number of rotatable bonds is 2. The van der Waals surface area contributed by atoms with Gasteiger partial charge in [0.15, 0.2) is 0 Å². The van der Waals surface area contributed by atoms with Crippen molar-refractivity contribution in [1.82, 2.24) is 0 Å². The first kappa shape index (κ1) is 15.0. The fourth-order valence-corrected chi connectivity index (χ4v) is 2.61. The summed E-state index contributed by atoms with van der Waals surface area (Å²) in [6.45, 7) is 1.40. The van der Waals surface area contributed by atoms with Crippen molar-refractivity contribution in [2.24, 2.45) is 0 Å². The molecule has 0 saturated carbocycles. The molecule has 0 aliphatic carbocycles. The molecule has 2 rings (SSSR count). The zero-order valence-electron chi connectivity index (χ0n) is 10.2. The first-order valence-corrected chi connectivity index (χ1v) is 6.47. The minimum absolute atomic E-state index is 0.131. The van der Waals surface area contributed by atoms with Gasteiger partial charge >= 0.3 is 0 Å².